The third-order valence-electron chi connectivity index (χ3n) is 3.00. The molecule has 28 heavy (non-hydrogen) atoms. The Morgan fingerprint density at radius 2 is 0.821 bits per heavy atom. The quantitative estimate of drug-likeness (QED) is 0.552. The SMILES string of the molecule is O=C(O)c1cc(C#CC#Cc2cc(C(=O)O)nc(C(=O)O)c2)cc(C(=O)O)n1. The van der Waals surface area contributed by atoms with Crippen LogP contribution in [0.3, 0.4) is 0 Å². The van der Waals surface area contributed by atoms with Gasteiger partial charge in [-0.05, 0) is 36.1 Å². The normalized spacial score (nSPS) is 9.29. The van der Waals surface area contributed by atoms with Crippen molar-refractivity contribution in [2.45, 2.75) is 0 Å². The van der Waals surface area contributed by atoms with Gasteiger partial charge >= 0.3 is 23.9 Å². The van der Waals surface area contributed by atoms with E-state index < -0.39 is 46.7 Å². The molecule has 0 amide bonds. The van der Waals surface area contributed by atoms with E-state index in [9.17, 15) is 19.2 Å². The summed E-state index contributed by atoms with van der Waals surface area (Å²) in [4.78, 5) is 50.8. The zero-order valence-corrected chi connectivity index (χ0v) is 13.6. The zero-order chi connectivity index (χ0) is 20.8. The summed E-state index contributed by atoms with van der Waals surface area (Å²) >= 11 is 0. The summed E-state index contributed by atoms with van der Waals surface area (Å²) in [5.41, 5.74) is -1.98. The van der Waals surface area contributed by atoms with Gasteiger partial charge in [0.05, 0.1) is 0 Å². The number of pyridine rings is 2. The smallest absolute Gasteiger partial charge is 0.354 e. The van der Waals surface area contributed by atoms with Crippen molar-refractivity contribution in [3.63, 3.8) is 0 Å². The zero-order valence-electron chi connectivity index (χ0n) is 13.6. The van der Waals surface area contributed by atoms with E-state index >= 15 is 0 Å². The van der Waals surface area contributed by atoms with Gasteiger partial charge in [0.1, 0.15) is 22.8 Å². The summed E-state index contributed by atoms with van der Waals surface area (Å²) in [5.74, 6) is 3.83. The highest BCUT2D eigenvalue weighted by Gasteiger charge is 2.13. The second kappa shape index (κ2) is 8.12. The minimum absolute atomic E-state index is 0.0336. The van der Waals surface area contributed by atoms with Crippen molar-refractivity contribution in [1.29, 1.82) is 0 Å². The number of aromatic nitrogens is 2. The Hall–Kier alpha value is -4.70. The average Bonchev–Trinajstić information content (AvgIpc) is 2.64. The molecule has 0 atom stereocenters. The van der Waals surface area contributed by atoms with Crippen molar-refractivity contribution >= 4 is 23.9 Å². The van der Waals surface area contributed by atoms with Crippen LogP contribution in [0.2, 0.25) is 0 Å². The Morgan fingerprint density at radius 1 is 0.571 bits per heavy atom. The van der Waals surface area contributed by atoms with Crippen molar-refractivity contribution in [2.24, 2.45) is 0 Å². The van der Waals surface area contributed by atoms with Gasteiger partial charge in [-0.3, -0.25) is 0 Å². The molecule has 0 saturated heterocycles. The van der Waals surface area contributed by atoms with Crippen LogP contribution in [0, 0.1) is 23.7 Å². The Kier molecular flexibility index (Phi) is 5.69. The van der Waals surface area contributed by atoms with E-state index in [1.54, 1.807) is 0 Å². The maximum atomic E-state index is 11.0. The molecule has 0 aromatic carbocycles. The van der Waals surface area contributed by atoms with Gasteiger partial charge in [-0.15, -0.1) is 0 Å². The maximum absolute atomic E-state index is 11.0. The van der Waals surface area contributed by atoms with E-state index in [2.05, 4.69) is 33.6 Å². The monoisotopic (exact) mass is 380 g/mol. The number of rotatable bonds is 4. The summed E-state index contributed by atoms with van der Waals surface area (Å²) in [6.45, 7) is 0. The first-order chi connectivity index (χ1) is 13.2. The van der Waals surface area contributed by atoms with Crippen LogP contribution in [0.5, 0.6) is 0 Å². The second-order valence-electron chi connectivity index (χ2n) is 4.97. The van der Waals surface area contributed by atoms with Crippen LogP contribution < -0.4 is 0 Å². The van der Waals surface area contributed by atoms with E-state index in [1.807, 2.05) is 0 Å². The molecule has 0 aliphatic heterocycles. The molecular formula is C18H8N2O8. The molecule has 2 aromatic heterocycles. The number of carbonyl (C=O) groups is 4. The van der Waals surface area contributed by atoms with Gasteiger partial charge in [-0.25, -0.2) is 29.1 Å². The van der Waals surface area contributed by atoms with Crippen LogP contribution in [-0.4, -0.2) is 54.3 Å². The number of aromatic carboxylic acids is 4. The highest BCUT2D eigenvalue weighted by molar-refractivity contribution is 5.91. The Morgan fingerprint density at radius 3 is 1.04 bits per heavy atom. The van der Waals surface area contributed by atoms with Gasteiger partial charge in [-0.1, -0.05) is 11.8 Å². The summed E-state index contributed by atoms with van der Waals surface area (Å²) in [6.07, 6.45) is 0. The van der Waals surface area contributed by atoms with Crippen LogP contribution in [0.1, 0.15) is 53.1 Å². The first-order valence-electron chi connectivity index (χ1n) is 7.16. The van der Waals surface area contributed by atoms with Crippen LogP contribution in [-0.2, 0) is 0 Å². The highest BCUT2D eigenvalue weighted by atomic mass is 16.4. The maximum Gasteiger partial charge on any atom is 0.354 e. The predicted octanol–water partition coefficient (Wildman–Crippen LogP) is 0.673. The number of carboxylic acid groups (broad SMARTS) is 4. The molecule has 2 rings (SSSR count). The van der Waals surface area contributed by atoms with Gasteiger partial charge in [-0.2, -0.15) is 0 Å². The van der Waals surface area contributed by atoms with Crippen molar-refractivity contribution in [3.8, 4) is 23.7 Å². The fraction of sp³-hybridized carbons (Fsp3) is 0. The van der Waals surface area contributed by atoms with Crippen molar-refractivity contribution in [3.05, 3.63) is 58.2 Å². The first-order valence-corrected chi connectivity index (χ1v) is 7.16. The summed E-state index contributed by atoms with van der Waals surface area (Å²) in [6, 6.07) is 4.23. The number of carboxylic acids is 4. The fourth-order valence-corrected chi connectivity index (χ4v) is 1.85. The lowest BCUT2D eigenvalue weighted by Crippen LogP contribution is -2.08. The van der Waals surface area contributed by atoms with Gasteiger partial charge < -0.3 is 20.4 Å². The Bertz CT molecular complexity index is 990. The average molecular weight is 380 g/mol. The van der Waals surface area contributed by atoms with Crippen molar-refractivity contribution in [1.82, 2.24) is 9.97 Å². The Balaban J connectivity index is 2.40. The highest BCUT2D eigenvalue weighted by Crippen LogP contribution is 2.07. The van der Waals surface area contributed by atoms with Gasteiger partial charge in [0.25, 0.3) is 0 Å². The van der Waals surface area contributed by atoms with E-state index in [0.29, 0.717) is 0 Å². The second-order valence-corrected chi connectivity index (χ2v) is 4.97. The molecule has 0 aliphatic carbocycles. The summed E-state index contributed by atoms with van der Waals surface area (Å²) < 4.78 is 0. The topological polar surface area (TPSA) is 175 Å². The Labute approximate surface area is 156 Å². The molecule has 0 spiro atoms. The van der Waals surface area contributed by atoms with Crippen molar-refractivity contribution in [2.75, 3.05) is 0 Å². The standard InChI is InChI=1S/C18H8N2O8/c21-15(22)11-5-9(6-12(19-11)16(23)24)3-1-2-4-10-7-13(17(25)26)20-14(8-10)18(27)28/h5-8H,(H,21,22)(H,23,24)(H,25,26)(H,27,28). The number of hydrogen-bond acceptors (Lipinski definition) is 6. The molecule has 0 saturated carbocycles. The third-order valence-corrected chi connectivity index (χ3v) is 3.00. The van der Waals surface area contributed by atoms with Crippen molar-refractivity contribution < 1.29 is 39.6 Å². The molecule has 10 heteroatoms. The van der Waals surface area contributed by atoms with Gasteiger partial charge in [0.15, 0.2) is 0 Å². The molecular weight excluding hydrogens is 372 g/mol. The lowest BCUT2D eigenvalue weighted by Gasteiger charge is -1.99. The number of hydrogen-bond donors (Lipinski definition) is 4. The van der Waals surface area contributed by atoms with E-state index in [-0.39, 0.29) is 11.1 Å². The van der Waals surface area contributed by atoms with E-state index in [4.69, 9.17) is 20.4 Å². The summed E-state index contributed by atoms with van der Waals surface area (Å²) in [7, 11) is 0. The van der Waals surface area contributed by atoms with Crippen LogP contribution in [0.25, 0.3) is 0 Å². The molecule has 0 unspecified atom stereocenters. The number of nitrogens with zero attached hydrogens (tertiary/aromatic N) is 2. The van der Waals surface area contributed by atoms with Gasteiger partial charge in [0, 0.05) is 11.1 Å². The summed E-state index contributed by atoms with van der Waals surface area (Å²) in [5, 5.41) is 35.8. The first kappa shape index (κ1) is 19.6. The molecule has 2 heterocycles. The van der Waals surface area contributed by atoms with Crippen LogP contribution in [0.4, 0.5) is 0 Å². The van der Waals surface area contributed by atoms with Crippen LogP contribution >= 0.6 is 0 Å². The predicted molar refractivity (Wildman–Crippen MR) is 90.1 cm³/mol. The molecule has 0 aliphatic rings. The molecule has 0 radical (unpaired) electrons. The lowest BCUT2D eigenvalue weighted by atomic mass is 10.1. The lowest BCUT2D eigenvalue weighted by molar-refractivity contribution is 0.0664. The van der Waals surface area contributed by atoms with E-state index in [1.165, 1.54) is 0 Å². The molecule has 0 bridgehead atoms. The molecule has 2 aromatic rings. The fourth-order valence-electron chi connectivity index (χ4n) is 1.85. The largest absolute Gasteiger partial charge is 0.477 e. The minimum Gasteiger partial charge on any atom is -0.477 e. The molecule has 10 nitrogen and oxygen atoms in total. The molecule has 4 N–H and O–H groups in total. The van der Waals surface area contributed by atoms with Crippen LogP contribution in [0.15, 0.2) is 24.3 Å². The van der Waals surface area contributed by atoms with E-state index in [0.717, 1.165) is 24.3 Å². The van der Waals surface area contributed by atoms with Gasteiger partial charge in [0.2, 0.25) is 0 Å². The molecule has 138 valence electrons. The minimum atomic E-state index is -1.43. The third kappa shape index (κ3) is 4.91. The molecule has 0 fully saturated rings.